The number of hydrogen-bond acceptors (Lipinski definition) is 2. The summed E-state index contributed by atoms with van der Waals surface area (Å²) in [4.78, 5) is 0. The SMILES string of the molecule is Cn1cc(-c2ccc(C(F)(F)F)cc2)c(CN)n1. The van der Waals surface area contributed by atoms with Gasteiger partial charge in [0.15, 0.2) is 0 Å². The van der Waals surface area contributed by atoms with Crippen molar-refractivity contribution >= 4 is 0 Å². The summed E-state index contributed by atoms with van der Waals surface area (Å²) in [6, 6.07) is 4.98. The van der Waals surface area contributed by atoms with Gasteiger partial charge in [0.05, 0.1) is 11.3 Å². The van der Waals surface area contributed by atoms with Gasteiger partial charge in [-0.25, -0.2) is 0 Å². The molecule has 3 nitrogen and oxygen atoms in total. The number of halogens is 3. The van der Waals surface area contributed by atoms with Crippen LogP contribution in [0, 0.1) is 0 Å². The molecule has 1 heterocycles. The van der Waals surface area contributed by atoms with Crippen LogP contribution in [0.15, 0.2) is 30.5 Å². The zero-order valence-corrected chi connectivity index (χ0v) is 9.70. The number of alkyl halides is 3. The third kappa shape index (κ3) is 2.38. The number of nitrogens with zero attached hydrogens (tertiary/aromatic N) is 2. The lowest BCUT2D eigenvalue weighted by Crippen LogP contribution is -2.04. The highest BCUT2D eigenvalue weighted by molar-refractivity contribution is 5.65. The zero-order valence-electron chi connectivity index (χ0n) is 9.70. The molecule has 0 aliphatic heterocycles. The van der Waals surface area contributed by atoms with Crippen molar-refractivity contribution < 1.29 is 13.2 Å². The lowest BCUT2D eigenvalue weighted by atomic mass is 10.0. The first-order valence-corrected chi connectivity index (χ1v) is 5.32. The third-order valence-corrected chi connectivity index (χ3v) is 2.62. The predicted octanol–water partition coefficient (Wildman–Crippen LogP) is 2.56. The first-order chi connectivity index (χ1) is 8.41. The molecule has 6 heteroatoms. The Labute approximate surface area is 102 Å². The van der Waals surface area contributed by atoms with Gasteiger partial charge in [-0.1, -0.05) is 12.1 Å². The Bertz CT molecular complexity index is 541. The van der Waals surface area contributed by atoms with Crippen molar-refractivity contribution in [2.45, 2.75) is 12.7 Å². The fourth-order valence-corrected chi connectivity index (χ4v) is 1.77. The van der Waals surface area contributed by atoms with Gasteiger partial charge in [0, 0.05) is 25.4 Å². The van der Waals surface area contributed by atoms with E-state index in [1.165, 1.54) is 12.1 Å². The lowest BCUT2D eigenvalue weighted by molar-refractivity contribution is -0.137. The fourth-order valence-electron chi connectivity index (χ4n) is 1.77. The molecule has 0 radical (unpaired) electrons. The van der Waals surface area contributed by atoms with Crippen molar-refractivity contribution in [1.29, 1.82) is 0 Å². The van der Waals surface area contributed by atoms with Crippen LogP contribution in [0.2, 0.25) is 0 Å². The van der Waals surface area contributed by atoms with E-state index in [1.807, 2.05) is 0 Å². The standard InChI is InChI=1S/C12H12F3N3/c1-18-7-10(11(6-16)17-18)8-2-4-9(5-3-8)12(13,14)15/h2-5,7H,6,16H2,1H3. The molecule has 2 aromatic rings. The molecule has 2 rings (SSSR count). The van der Waals surface area contributed by atoms with E-state index in [4.69, 9.17) is 5.73 Å². The van der Waals surface area contributed by atoms with Gasteiger partial charge in [0.1, 0.15) is 0 Å². The molecule has 0 bridgehead atoms. The highest BCUT2D eigenvalue weighted by Gasteiger charge is 2.30. The molecule has 0 amide bonds. The summed E-state index contributed by atoms with van der Waals surface area (Å²) in [5.41, 5.74) is 6.98. The minimum absolute atomic E-state index is 0.247. The van der Waals surface area contributed by atoms with E-state index in [2.05, 4.69) is 5.10 Å². The van der Waals surface area contributed by atoms with E-state index < -0.39 is 11.7 Å². The van der Waals surface area contributed by atoms with Crippen LogP contribution in [0.1, 0.15) is 11.3 Å². The number of nitrogens with two attached hydrogens (primary N) is 1. The summed E-state index contributed by atoms with van der Waals surface area (Å²) in [5, 5.41) is 4.15. The monoisotopic (exact) mass is 255 g/mol. The van der Waals surface area contributed by atoms with Crippen molar-refractivity contribution in [3.8, 4) is 11.1 Å². The second kappa shape index (κ2) is 4.45. The largest absolute Gasteiger partial charge is 0.416 e. The van der Waals surface area contributed by atoms with E-state index in [9.17, 15) is 13.2 Å². The fraction of sp³-hybridized carbons (Fsp3) is 0.250. The first-order valence-electron chi connectivity index (χ1n) is 5.32. The number of benzene rings is 1. The molecule has 2 N–H and O–H groups in total. The Morgan fingerprint density at radius 2 is 1.83 bits per heavy atom. The Morgan fingerprint density at radius 1 is 1.22 bits per heavy atom. The topological polar surface area (TPSA) is 43.8 Å². The molecule has 96 valence electrons. The molecule has 1 aromatic carbocycles. The average Bonchev–Trinajstić information content (AvgIpc) is 2.69. The summed E-state index contributed by atoms with van der Waals surface area (Å²) in [5.74, 6) is 0. The van der Waals surface area contributed by atoms with Crippen LogP contribution in [0.25, 0.3) is 11.1 Å². The van der Waals surface area contributed by atoms with Crippen LogP contribution in [-0.2, 0) is 19.8 Å². The van der Waals surface area contributed by atoms with E-state index in [1.54, 1.807) is 17.9 Å². The molecule has 0 unspecified atom stereocenters. The van der Waals surface area contributed by atoms with Crippen LogP contribution in [-0.4, -0.2) is 9.78 Å². The maximum atomic E-state index is 12.4. The van der Waals surface area contributed by atoms with Gasteiger partial charge >= 0.3 is 6.18 Å². The first kappa shape index (κ1) is 12.6. The van der Waals surface area contributed by atoms with Gasteiger partial charge in [-0.05, 0) is 17.7 Å². The Morgan fingerprint density at radius 3 is 2.33 bits per heavy atom. The van der Waals surface area contributed by atoms with Gasteiger partial charge in [-0.2, -0.15) is 18.3 Å². The van der Waals surface area contributed by atoms with Crippen LogP contribution in [0.3, 0.4) is 0 Å². The second-order valence-corrected chi connectivity index (χ2v) is 3.94. The number of aryl methyl sites for hydroxylation is 1. The lowest BCUT2D eigenvalue weighted by Gasteiger charge is -2.07. The van der Waals surface area contributed by atoms with Gasteiger partial charge in [-0.3, -0.25) is 4.68 Å². The number of rotatable bonds is 2. The number of aromatic nitrogens is 2. The summed E-state index contributed by atoms with van der Waals surface area (Å²) in [7, 11) is 1.74. The maximum Gasteiger partial charge on any atom is 0.416 e. The van der Waals surface area contributed by atoms with Crippen molar-refractivity contribution in [3.63, 3.8) is 0 Å². The predicted molar refractivity (Wildman–Crippen MR) is 61.5 cm³/mol. The molecule has 0 aliphatic carbocycles. The Balaban J connectivity index is 2.40. The van der Waals surface area contributed by atoms with E-state index >= 15 is 0 Å². The molecule has 1 aromatic heterocycles. The molecular formula is C12H12F3N3. The molecule has 0 spiro atoms. The molecular weight excluding hydrogens is 243 g/mol. The minimum atomic E-state index is -4.32. The van der Waals surface area contributed by atoms with E-state index in [0.717, 1.165) is 17.7 Å². The minimum Gasteiger partial charge on any atom is -0.325 e. The molecule has 0 saturated carbocycles. The second-order valence-electron chi connectivity index (χ2n) is 3.94. The summed E-state index contributed by atoms with van der Waals surface area (Å²) in [6.07, 6.45) is -2.57. The Hall–Kier alpha value is -1.82. The zero-order chi connectivity index (χ0) is 13.3. The van der Waals surface area contributed by atoms with Crippen molar-refractivity contribution in [3.05, 3.63) is 41.7 Å². The van der Waals surface area contributed by atoms with Crippen LogP contribution in [0.4, 0.5) is 13.2 Å². The highest BCUT2D eigenvalue weighted by atomic mass is 19.4. The van der Waals surface area contributed by atoms with Gasteiger partial charge in [-0.15, -0.1) is 0 Å². The van der Waals surface area contributed by atoms with E-state index in [-0.39, 0.29) is 6.54 Å². The summed E-state index contributed by atoms with van der Waals surface area (Å²) >= 11 is 0. The van der Waals surface area contributed by atoms with Crippen LogP contribution in [0.5, 0.6) is 0 Å². The van der Waals surface area contributed by atoms with Crippen molar-refractivity contribution in [2.75, 3.05) is 0 Å². The average molecular weight is 255 g/mol. The van der Waals surface area contributed by atoms with Crippen molar-refractivity contribution in [1.82, 2.24) is 9.78 Å². The van der Waals surface area contributed by atoms with Crippen molar-refractivity contribution in [2.24, 2.45) is 12.8 Å². The normalized spacial score (nSPS) is 11.8. The molecule has 0 atom stereocenters. The maximum absolute atomic E-state index is 12.4. The summed E-state index contributed by atoms with van der Waals surface area (Å²) < 4.78 is 38.9. The van der Waals surface area contributed by atoms with Gasteiger partial charge in [0.2, 0.25) is 0 Å². The summed E-state index contributed by atoms with van der Waals surface area (Å²) in [6.45, 7) is 0.247. The highest BCUT2D eigenvalue weighted by Crippen LogP contribution is 2.31. The number of hydrogen-bond donors (Lipinski definition) is 1. The van der Waals surface area contributed by atoms with Gasteiger partial charge < -0.3 is 5.73 Å². The molecule has 18 heavy (non-hydrogen) atoms. The quantitative estimate of drug-likeness (QED) is 0.896. The molecule has 0 saturated heterocycles. The van der Waals surface area contributed by atoms with E-state index in [0.29, 0.717) is 11.3 Å². The van der Waals surface area contributed by atoms with Crippen LogP contribution < -0.4 is 5.73 Å². The third-order valence-electron chi connectivity index (χ3n) is 2.62. The smallest absolute Gasteiger partial charge is 0.325 e. The molecule has 0 aliphatic rings. The Kier molecular flexibility index (Phi) is 3.13. The van der Waals surface area contributed by atoms with Crippen LogP contribution >= 0.6 is 0 Å². The molecule has 0 fully saturated rings. The van der Waals surface area contributed by atoms with Gasteiger partial charge in [0.25, 0.3) is 0 Å².